The van der Waals surface area contributed by atoms with E-state index in [1.807, 2.05) is 68.3 Å². The molecule has 0 spiro atoms. The average Bonchev–Trinajstić information content (AvgIpc) is 3.18. The summed E-state index contributed by atoms with van der Waals surface area (Å²) in [4.78, 5) is 33.9. The molecule has 6 nitrogen and oxygen atoms in total. The Morgan fingerprint density at radius 2 is 1.81 bits per heavy atom. The molecule has 0 aliphatic rings. The van der Waals surface area contributed by atoms with Gasteiger partial charge in [0.05, 0.1) is 29.3 Å². The van der Waals surface area contributed by atoms with Crippen LogP contribution in [0.2, 0.25) is 0 Å². The number of anilines is 1. The molecule has 1 aromatic heterocycles. The van der Waals surface area contributed by atoms with E-state index in [9.17, 15) is 9.59 Å². The number of para-hydroxylation sites is 2. The summed E-state index contributed by atoms with van der Waals surface area (Å²) in [7, 11) is 1.92. The minimum Gasteiger partial charge on any atom is -0.332 e. The van der Waals surface area contributed by atoms with Crippen LogP contribution in [0.25, 0.3) is 10.2 Å². The molecule has 3 rings (SSSR count). The van der Waals surface area contributed by atoms with Crippen LogP contribution in [0.3, 0.4) is 0 Å². The maximum absolute atomic E-state index is 13.0. The van der Waals surface area contributed by atoms with Crippen molar-refractivity contribution < 1.29 is 9.59 Å². The van der Waals surface area contributed by atoms with Crippen LogP contribution in [-0.2, 0) is 9.59 Å². The van der Waals surface area contributed by atoms with Gasteiger partial charge in [-0.05, 0) is 51.1 Å². The Morgan fingerprint density at radius 3 is 2.52 bits per heavy atom. The molecule has 0 saturated heterocycles. The topological polar surface area (TPSA) is 65.5 Å². The lowest BCUT2D eigenvalue weighted by Gasteiger charge is -2.27. The number of likely N-dealkylation sites (N-methyl/N-ethyl adjacent to an activating group) is 1. The number of nitrogens with one attached hydrogen (secondary N) is 1. The molecule has 1 atom stereocenters. The third-order valence-corrected chi connectivity index (χ3v) is 6.52. The number of benzene rings is 2. The Hall–Kier alpha value is -2.77. The number of fused-ring (bicyclic) bond motifs is 1. The molecule has 7 heteroatoms. The van der Waals surface area contributed by atoms with Crippen molar-refractivity contribution in [2.45, 2.75) is 33.2 Å². The van der Waals surface area contributed by atoms with E-state index < -0.39 is 0 Å². The summed E-state index contributed by atoms with van der Waals surface area (Å²) in [6.45, 7) is 6.83. The van der Waals surface area contributed by atoms with E-state index in [2.05, 4.69) is 18.3 Å². The number of hydrogen-bond acceptors (Lipinski definition) is 5. The van der Waals surface area contributed by atoms with Crippen LogP contribution in [0.4, 0.5) is 5.69 Å². The number of aromatic nitrogens is 1. The van der Waals surface area contributed by atoms with Crippen molar-refractivity contribution in [3.8, 4) is 0 Å². The number of carbonyl (C=O) groups is 2. The first-order valence-electron chi connectivity index (χ1n) is 10.6. The smallest absolute Gasteiger partial charge is 0.244 e. The largest absolute Gasteiger partial charge is 0.332 e. The van der Waals surface area contributed by atoms with Gasteiger partial charge in [-0.2, -0.15) is 0 Å². The monoisotopic (exact) mass is 438 g/mol. The zero-order valence-corrected chi connectivity index (χ0v) is 19.4. The predicted octanol–water partition coefficient (Wildman–Crippen LogP) is 4.47. The number of aryl methyl sites for hydroxylation is 1. The van der Waals surface area contributed by atoms with Gasteiger partial charge in [-0.15, -0.1) is 11.3 Å². The van der Waals surface area contributed by atoms with Crippen LogP contribution in [0.5, 0.6) is 0 Å². The molecule has 3 aromatic rings. The number of hydrogen-bond donors (Lipinski definition) is 1. The van der Waals surface area contributed by atoms with E-state index in [4.69, 9.17) is 4.98 Å². The second-order valence-electron chi connectivity index (χ2n) is 7.79. The lowest BCUT2D eigenvalue weighted by molar-refractivity contribution is -0.135. The second kappa shape index (κ2) is 10.5. The highest BCUT2D eigenvalue weighted by Gasteiger charge is 2.22. The Balaban J connectivity index is 1.62. The Bertz CT molecular complexity index is 1020. The van der Waals surface area contributed by atoms with Crippen LogP contribution in [0.1, 0.15) is 36.9 Å². The number of rotatable bonds is 9. The van der Waals surface area contributed by atoms with Gasteiger partial charge in [-0.25, -0.2) is 4.98 Å². The molecule has 0 radical (unpaired) electrons. The summed E-state index contributed by atoms with van der Waals surface area (Å²) in [5, 5.41) is 3.90. The van der Waals surface area contributed by atoms with Gasteiger partial charge in [0, 0.05) is 12.2 Å². The van der Waals surface area contributed by atoms with E-state index in [0.717, 1.165) is 32.9 Å². The van der Waals surface area contributed by atoms with Crippen molar-refractivity contribution in [1.29, 1.82) is 0 Å². The molecule has 164 valence electrons. The van der Waals surface area contributed by atoms with Gasteiger partial charge in [0.15, 0.2) is 0 Å². The first kappa shape index (κ1) is 22.9. The second-order valence-corrected chi connectivity index (χ2v) is 8.85. The van der Waals surface area contributed by atoms with Crippen LogP contribution in [0, 0.1) is 6.92 Å². The SMILES string of the molecule is CCCN(CC(=O)Nc1ccccc1C)C(=O)CN(C)C(C)c1nc2ccccc2s1. The van der Waals surface area contributed by atoms with Crippen LogP contribution in [-0.4, -0.2) is 53.3 Å². The molecule has 2 amide bonds. The first-order chi connectivity index (χ1) is 14.9. The predicted molar refractivity (Wildman–Crippen MR) is 127 cm³/mol. The average molecular weight is 439 g/mol. The van der Waals surface area contributed by atoms with E-state index in [-0.39, 0.29) is 30.9 Å². The molecule has 0 aliphatic heterocycles. The summed E-state index contributed by atoms with van der Waals surface area (Å²) in [6, 6.07) is 15.7. The lowest BCUT2D eigenvalue weighted by Crippen LogP contribution is -2.43. The number of thiazole rings is 1. The minimum absolute atomic E-state index is 0.00521. The van der Waals surface area contributed by atoms with Gasteiger partial charge in [-0.3, -0.25) is 14.5 Å². The van der Waals surface area contributed by atoms with Crippen LogP contribution in [0.15, 0.2) is 48.5 Å². The summed E-state index contributed by atoms with van der Waals surface area (Å²) in [5.41, 5.74) is 2.75. The Labute approximate surface area is 187 Å². The third-order valence-electron chi connectivity index (χ3n) is 5.31. The molecule has 0 bridgehead atoms. The van der Waals surface area contributed by atoms with E-state index in [1.54, 1.807) is 16.2 Å². The fraction of sp³-hybridized carbons (Fsp3) is 0.375. The number of carbonyl (C=O) groups excluding carboxylic acids is 2. The highest BCUT2D eigenvalue weighted by molar-refractivity contribution is 7.18. The zero-order valence-electron chi connectivity index (χ0n) is 18.6. The molecule has 1 unspecified atom stereocenters. The molecular weight excluding hydrogens is 408 g/mol. The number of nitrogens with zero attached hydrogens (tertiary/aromatic N) is 3. The highest BCUT2D eigenvalue weighted by atomic mass is 32.1. The van der Waals surface area contributed by atoms with Crippen molar-refractivity contribution in [3.05, 3.63) is 59.1 Å². The Kier molecular flexibility index (Phi) is 7.76. The van der Waals surface area contributed by atoms with Gasteiger partial charge in [-0.1, -0.05) is 37.3 Å². The van der Waals surface area contributed by atoms with Crippen molar-refractivity contribution in [1.82, 2.24) is 14.8 Å². The van der Waals surface area contributed by atoms with E-state index in [1.165, 1.54) is 0 Å². The molecule has 2 aromatic carbocycles. The molecule has 0 aliphatic carbocycles. The van der Waals surface area contributed by atoms with Gasteiger partial charge in [0.2, 0.25) is 11.8 Å². The molecule has 31 heavy (non-hydrogen) atoms. The fourth-order valence-corrected chi connectivity index (χ4v) is 4.43. The molecular formula is C24H30N4O2S. The summed E-state index contributed by atoms with van der Waals surface area (Å²) in [6.07, 6.45) is 0.792. The fourth-order valence-electron chi connectivity index (χ4n) is 3.35. The minimum atomic E-state index is -0.182. The van der Waals surface area contributed by atoms with Gasteiger partial charge in [0.25, 0.3) is 0 Å². The summed E-state index contributed by atoms with van der Waals surface area (Å²) in [5.74, 6) is -0.241. The zero-order chi connectivity index (χ0) is 22.4. The van der Waals surface area contributed by atoms with Crippen molar-refractivity contribution in [2.24, 2.45) is 0 Å². The third kappa shape index (κ3) is 5.89. The van der Waals surface area contributed by atoms with Crippen LogP contribution < -0.4 is 5.32 Å². The summed E-state index contributed by atoms with van der Waals surface area (Å²) >= 11 is 1.65. The maximum atomic E-state index is 13.0. The Morgan fingerprint density at radius 1 is 1.10 bits per heavy atom. The molecule has 0 saturated carbocycles. The molecule has 1 heterocycles. The lowest BCUT2D eigenvalue weighted by atomic mass is 10.2. The first-order valence-corrected chi connectivity index (χ1v) is 11.4. The van der Waals surface area contributed by atoms with E-state index in [0.29, 0.717) is 6.54 Å². The normalized spacial score (nSPS) is 12.2. The van der Waals surface area contributed by atoms with Gasteiger partial charge in [0.1, 0.15) is 5.01 Å². The van der Waals surface area contributed by atoms with Crippen molar-refractivity contribution in [3.63, 3.8) is 0 Å². The molecule has 0 fully saturated rings. The quantitative estimate of drug-likeness (QED) is 0.535. The summed E-state index contributed by atoms with van der Waals surface area (Å²) < 4.78 is 1.14. The van der Waals surface area contributed by atoms with Gasteiger partial charge >= 0.3 is 0 Å². The van der Waals surface area contributed by atoms with Crippen molar-refractivity contribution >= 4 is 39.1 Å². The maximum Gasteiger partial charge on any atom is 0.244 e. The van der Waals surface area contributed by atoms with Gasteiger partial charge < -0.3 is 10.2 Å². The van der Waals surface area contributed by atoms with Crippen molar-refractivity contribution in [2.75, 3.05) is 32.0 Å². The molecule has 1 N–H and O–H groups in total. The van der Waals surface area contributed by atoms with E-state index >= 15 is 0 Å². The number of amides is 2. The van der Waals surface area contributed by atoms with Crippen LogP contribution >= 0.6 is 11.3 Å². The standard InChI is InChI=1S/C24H30N4O2S/c1-5-14-28(15-22(29)25-19-11-7-6-10-17(19)2)23(30)16-27(4)18(3)24-26-20-12-8-9-13-21(20)31-24/h6-13,18H,5,14-16H2,1-4H3,(H,25,29). The highest BCUT2D eigenvalue weighted by Crippen LogP contribution is 2.28.